The number of unbranched alkanes of at least 4 members (excludes halogenated alkanes) is 43. The Balaban J connectivity index is 4.22. The fourth-order valence-corrected chi connectivity index (χ4v) is 9.21. The van der Waals surface area contributed by atoms with Crippen LogP contribution in [0.25, 0.3) is 0 Å². The van der Waals surface area contributed by atoms with E-state index in [0.717, 1.165) is 57.8 Å². The summed E-state index contributed by atoms with van der Waals surface area (Å²) in [7, 11) is 0. The van der Waals surface area contributed by atoms with Gasteiger partial charge in [-0.1, -0.05) is 290 Å². The van der Waals surface area contributed by atoms with Crippen LogP contribution in [0, 0.1) is 0 Å². The lowest BCUT2D eigenvalue weighted by molar-refractivity contribution is -0.167. The number of hydrogen-bond donors (Lipinski definition) is 0. The van der Waals surface area contributed by atoms with E-state index < -0.39 is 6.10 Å². The van der Waals surface area contributed by atoms with E-state index in [1.165, 1.54) is 244 Å². The molecule has 0 unspecified atom stereocenters. The predicted octanol–water partition coefficient (Wildman–Crippen LogP) is 20.1. The molecule has 0 radical (unpaired) electrons. The molecular formula is C61H116O6. The molecule has 0 aromatic rings. The third kappa shape index (κ3) is 55.0. The number of hydrogen-bond acceptors (Lipinski definition) is 6. The molecule has 0 aliphatic rings. The Bertz CT molecular complexity index is 1040. The molecule has 0 saturated carbocycles. The maximum Gasteiger partial charge on any atom is 0.306 e. The van der Waals surface area contributed by atoms with Gasteiger partial charge >= 0.3 is 17.9 Å². The minimum Gasteiger partial charge on any atom is -0.462 e. The van der Waals surface area contributed by atoms with Crippen molar-refractivity contribution < 1.29 is 28.6 Å². The van der Waals surface area contributed by atoms with Crippen molar-refractivity contribution in [1.82, 2.24) is 0 Å². The van der Waals surface area contributed by atoms with E-state index in [-0.39, 0.29) is 31.1 Å². The zero-order chi connectivity index (χ0) is 48.6. The van der Waals surface area contributed by atoms with Gasteiger partial charge in [0.05, 0.1) is 0 Å². The fraction of sp³-hybridized carbons (Fsp3) is 0.918. The van der Waals surface area contributed by atoms with Gasteiger partial charge in [-0.2, -0.15) is 0 Å². The second kappa shape index (κ2) is 56.7. The molecule has 0 bridgehead atoms. The summed E-state index contributed by atoms with van der Waals surface area (Å²) in [5, 5.41) is 0. The number of carbonyl (C=O) groups is 3. The Morgan fingerprint density at radius 1 is 0.284 bits per heavy atom. The third-order valence-electron chi connectivity index (χ3n) is 13.8. The van der Waals surface area contributed by atoms with E-state index in [1.54, 1.807) is 0 Å². The molecule has 0 amide bonds. The highest BCUT2D eigenvalue weighted by atomic mass is 16.6. The van der Waals surface area contributed by atoms with Gasteiger partial charge in [0.25, 0.3) is 0 Å². The van der Waals surface area contributed by atoms with Gasteiger partial charge in [0.15, 0.2) is 6.10 Å². The zero-order valence-electron chi connectivity index (χ0n) is 45.5. The maximum atomic E-state index is 12.8. The van der Waals surface area contributed by atoms with Crippen molar-refractivity contribution in [3.05, 3.63) is 12.2 Å². The Hall–Kier alpha value is -1.85. The molecule has 0 N–H and O–H groups in total. The SMILES string of the molecule is CCCCCCCC/C=C\CCCCCCCCCCCCCC(=O)OC[C@H](COC(=O)CCCCCCCCCCCCCCCCCCC)OC(=O)CCCCCCCCCCCCC. The Morgan fingerprint density at radius 3 is 0.746 bits per heavy atom. The van der Waals surface area contributed by atoms with Gasteiger partial charge in [0.2, 0.25) is 0 Å². The topological polar surface area (TPSA) is 78.9 Å². The maximum absolute atomic E-state index is 12.8. The van der Waals surface area contributed by atoms with E-state index in [9.17, 15) is 14.4 Å². The van der Waals surface area contributed by atoms with E-state index >= 15 is 0 Å². The highest BCUT2D eigenvalue weighted by molar-refractivity contribution is 5.71. The lowest BCUT2D eigenvalue weighted by Gasteiger charge is -2.18. The van der Waals surface area contributed by atoms with Gasteiger partial charge in [-0.15, -0.1) is 0 Å². The van der Waals surface area contributed by atoms with Crippen LogP contribution in [0.2, 0.25) is 0 Å². The van der Waals surface area contributed by atoms with Crippen molar-refractivity contribution in [1.29, 1.82) is 0 Å². The highest BCUT2D eigenvalue weighted by Gasteiger charge is 2.19. The van der Waals surface area contributed by atoms with Crippen LogP contribution in [0.3, 0.4) is 0 Å². The number of esters is 3. The Kier molecular flexibility index (Phi) is 55.2. The predicted molar refractivity (Wildman–Crippen MR) is 289 cm³/mol. The molecule has 1 atom stereocenters. The molecule has 0 aliphatic carbocycles. The van der Waals surface area contributed by atoms with Crippen LogP contribution in [0.5, 0.6) is 0 Å². The molecule has 396 valence electrons. The summed E-state index contributed by atoms with van der Waals surface area (Å²) in [5.74, 6) is -0.839. The Morgan fingerprint density at radius 2 is 0.493 bits per heavy atom. The monoisotopic (exact) mass is 945 g/mol. The summed E-state index contributed by atoms with van der Waals surface area (Å²) in [4.78, 5) is 38.1. The van der Waals surface area contributed by atoms with E-state index in [4.69, 9.17) is 14.2 Å². The number of ether oxygens (including phenoxy) is 3. The number of carbonyl (C=O) groups excluding carboxylic acids is 3. The van der Waals surface area contributed by atoms with Crippen molar-refractivity contribution in [3.63, 3.8) is 0 Å². The fourth-order valence-electron chi connectivity index (χ4n) is 9.21. The summed E-state index contributed by atoms with van der Waals surface area (Å²) >= 11 is 0. The first-order valence-corrected chi connectivity index (χ1v) is 30.2. The van der Waals surface area contributed by atoms with Crippen LogP contribution in [-0.4, -0.2) is 37.2 Å². The highest BCUT2D eigenvalue weighted by Crippen LogP contribution is 2.17. The second-order valence-corrected chi connectivity index (χ2v) is 20.6. The quantitative estimate of drug-likeness (QED) is 0.0262. The van der Waals surface area contributed by atoms with Crippen LogP contribution in [-0.2, 0) is 28.6 Å². The molecule has 0 spiro atoms. The third-order valence-corrected chi connectivity index (χ3v) is 13.8. The van der Waals surface area contributed by atoms with Gasteiger partial charge in [-0.05, 0) is 44.9 Å². The van der Waals surface area contributed by atoms with Crippen LogP contribution >= 0.6 is 0 Å². The van der Waals surface area contributed by atoms with Gasteiger partial charge in [0, 0.05) is 19.3 Å². The molecule has 0 fully saturated rings. The van der Waals surface area contributed by atoms with Gasteiger partial charge in [0.1, 0.15) is 13.2 Å². The molecule has 6 nitrogen and oxygen atoms in total. The van der Waals surface area contributed by atoms with Crippen LogP contribution in [0.1, 0.15) is 342 Å². The second-order valence-electron chi connectivity index (χ2n) is 20.6. The first-order valence-electron chi connectivity index (χ1n) is 30.2. The normalized spacial score (nSPS) is 12.0. The van der Waals surface area contributed by atoms with Crippen LogP contribution < -0.4 is 0 Å². The molecule has 0 aromatic carbocycles. The molecule has 0 aliphatic heterocycles. The lowest BCUT2D eigenvalue weighted by Crippen LogP contribution is -2.30. The summed E-state index contributed by atoms with van der Waals surface area (Å²) in [6, 6.07) is 0. The van der Waals surface area contributed by atoms with Crippen LogP contribution in [0.4, 0.5) is 0 Å². The molecule has 0 saturated heterocycles. The first-order chi connectivity index (χ1) is 33.0. The van der Waals surface area contributed by atoms with Crippen molar-refractivity contribution in [2.75, 3.05) is 13.2 Å². The van der Waals surface area contributed by atoms with E-state index in [2.05, 4.69) is 32.9 Å². The number of allylic oxidation sites excluding steroid dienone is 2. The molecule has 0 aromatic heterocycles. The first kappa shape index (κ1) is 65.1. The summed E-state index contributed by atoms with van der Waals surface area (Å²) in [6.07, 6.45) is 65.0. The average Bonchev–Trinajstić information content (AvgIpc) is 3.33. The molecule has 0 heterocycles. The average molecular weight is 946 g/mol. The largest absolute Gasteiger partial charge is 0.462 e. The van der Waals surface area contributed by atoms with Crippen LogP contribution in [0.15, 0.2) is 12.2 Å². The lowest BCUT2D eigenvalue weighted by atomic mass is 10.0. The molecule has 67 heavy (non-hydrogen) atoms. The standard InChI is InChI=1S/C61H116O6/c1-4-7-10-13-16-19-22-24-26-28-29-30-31-33-35-37-40-42-45-48-51-54-60(63)66-57-58(67-61(64)55-52-49-46-43-38-21-18-15-12-9-6-3)56-65-59(62)53-50-47-44-41-39-36-34-32-27-25-23-20-17-14-11-8-5-2/h24,26,58H,4-23,25,27-57H2,1-3H3/b26-24-/t58-/m0/s1. The summed E-state index contributed by atoms with van der Waals surface area (Å²) < 4.78 is 16.9. The zero-order valence-corrected chi connectivity index (χ0v) is 45.5. The summed E-state index contributed by atoms with van der Waals surface area (Å²) in [5.41, 5.74) is 0. The van der Waals surface area contributed by atoms with Gasteiger partial charge < -0.3 is 14.2 Å². The van der Waals surface area contributed by atoms with Crippen molar-refractivity contribution in [2.45, 2.75) is 348 Å². The smallest absolute Gasteiger partial charge is 0.306 e. The van der Waals surface area contributed by atoms with Crippen molar-refractivity contribution in [2.24, 2.45) is 0 Å². The van der Waals surface area contributed by atoms with E-state index in [0.29, 0.717) is 19.3 Å². The van der Waals surface area contributed by atoms with Crippen molar-refractivity contribution in [3.8, 4) is 0 Å². The summed E-state index contributed by atoms with van der Waals surface area (Å²) in [6.45, 7) is 6.69. The molecular weight excluding hydrogens is 829 g/mol. The van der Waals surface area contributed by atoms with Crippen molar-refractivity contribution >= 4 is 17.9 Å². The van der Waals surface area contributed by atoms with E-state index in [1.807, 2.05) is 0 Å². The molecule has 0 rings (SSSR count). The Labute approximate surface area is 418 Å². The minimum absolute atomic E-state index is 0.0637. The minimum atomic E-state index is -0.764. The van der Waals surface area contributed by atoms with Gasteiger partial charge in [-0.25, -0.2) is 0 Å². The molecule has 6 heteroatoms. The van der Waals surface area contributed by atoms with Gasteiger partial charge in [-0.3, -0.25) is 14.4 Å². The number of rotatable bonds is 56.